The van der Waals surface area contributed by atoms with Gasteiger partial charge in [0.05, 0.1) is 11.9 Å². The van der Waals surface area contributed by atoms with Crippen molar-refractivity contribution >= 4 is 43.8 Å². The molecule has 2 aromatic carbocycles. The second kappa shape index (κ2) is 6.45. The van der Waals surface area contributed by atoms with E-state index >= 15 is 0 Å². The van der Waals surface area contributed by atoms with Crippen LogP contribution in [-0.2, 0) is 0 Å². The minimum absolute atomic E-state index is 0.113. The molecule has 2 rings (SSSR count). The van der Waals surface area contributed by atoms with Crippen molar-refractivity contribution in [2.45, 2.75) is 6.92 Å². The van der Waals surface area contributed by atoms with E-state index in [9.17, 15) is 8.78 Å². The summed E-state index contributed by atoms with van der Waals surface area (Å²) in [6.07, 6.45) is 1.55. The maximum Gasteiger partial charge on any atom is 0.151 e. The fourth-order valence-corrected chi connectivity index (χ4v) is 3.20. The van der Waals surface area contributed by atoms with Gasteiger partial charge in [-0.25, -0.2) is 8.78 Å². The molecule has 0 bridgehead atoms. The summed E-state index contributed by atoms with van der Waals surface area (Å²) in [5.74, 6) is -1.31. The molecular formula is C14H10Br2F2N2. The predicted octanol–water partition coefficient (Wildman–Crippen LogP) is 5.24. The lowest BCUT2D eigenvalue weighted by atomic mass is 10.2. The minimum Gasteiger partial charge on any atom is -0.276 e. The smallest absolute Gasteiger partial charge is 0.151 e. The summed E-state index contributed by atoms with van der Waals surface area (Å²) < 4.78 is 27.9. The Morgan fingerprint density at radius 1 is 1.10 bits per heavy atom. The largest absolute Gasteiger partial charge is 0.276 e. The summed E-state index contributed by atoms with van der Waals surface area (Å²) in [5.41, 5.74) is 4.58. The van der Waals surface area contributed by atoms with Crippen LogP contribution < -0.4 is 5.43 Å². The van der Waals surface area contributed by atoms with Gasteiger partial charge < -0.3 is 0 Å². The van der Waals surface area contributed by atoms with Crippen LogP contribution in [0.1, 0.15) is 11.1 Å². The second-order valence-corrected chi connectivity index (χ2v) is 5.85. The average Bonchev–Trinajstić information content (AvgIpc) is 2.34. The zero-order valence-electron chi connectivity index (χ0n) is 10.4. The zero-order chi connectivity index (χ0) is 14.7. The second-order valence-electron chi connectivity index (χ2n) is 4.14. The van der Waals surface area contributed by atoms with Gasteiger partial charge in [-0.2, -0.15) is 5.10 Å². The van der Waals surface area contributed by atoms with Gasteiger partial charge >= 0.3 is 0 Å². The van der Waals surface area contributed by atoms with Gasteiger partial charge in [0.15, 0.2) is 5.82 Å². The van der Waals surface area contributed by atoms with Gasteiger partial charge in [-0.3, -0.25) is 5.43 Å². The van der Waals surface area contributed by atoms with E-state index in [0.717, 1.165) is 26.1 Å². The average molecular weight is 404 g/mol. The summed E-state index contributed by atoms with van der Waals surface area (Å²) in [6, 6.07) is 7.16. The Hall–Kier alpha value is -1.27. The van der Waals surface area contributed by atoms with Crippen LogP contribution in [0.3, 0.4) is 0 Å². The van der Waals surface area contributed by atoms with E-state index in [-0.39, 0.29) is 5.69 Å². The number of nitrogens with zero attached hydrogens (tertiary/aromatic N) is 1. The summed E-state index contributed by atoms with van der Waals surface area (Å²) in [5, 5.41) is 3.96. The number of halogens is 4. The number of benzene rings is 2. The van der Waals surface area contributed by atoms with Crippen molar-refractivity contribution in [1.29, 1.82) is 0 Å². The minimum atomic E-state index is -0.691. The van der Waals surface area contributed by atoms with E-state index in [4.69, 9.17) is 0 Å². The third kappa shape index (κ3) is 3.64. The first-order chi connectivity index (χ1) is 9.47. The van der Waals surface area contributed by atoms with Crippen molar-refractivity contribution in [2.75, 3.05) is 5.43 Å². The van der Waals surface area contributed by atoms with Crippen molar-refractivity contribution in [3.05, 3.63) is 62.0 Å². The monoisotopic (exact) mass is 402 g/mol. The fourth-order valence-electron chi connectivity index (χ4n) is 1.58. The molecule has 0 amide bonds. The van der Waals surface area contributed by atoms with Crippen LogP contribution in [-0.4, -0.2) is 6.21 Å². The van der Waals surface area contributed by atoms with E-state index in [2.05, 4.69) is 42.4 Å². The van der Waals surface area contributed by atoms with Crippen LogP contribution in [0, 0.1) is 18.6 Å². The van der Waals surface area contributed by atoms with E-state index in [1.807, 2.05) is 19.1 Å². The lowest BCUT2D eigenvalue weighted by Gasteiger charge is -2.05. The molecule has 0 saturated carbocycles. The number of nitrogens with one attached hydrogen (secondary N) is 1. The van der Waals surface area contributed by atoms with Gasteiger partial charge in [0.25, 0.3) is 0 Å². The van der Waals surface area contributed by atoms with Gasteiger partial charge in [0.1, 0.15) is 5.82 Å². The van der Waals surface area contributed by atoms with Gasteiger partial charge in [-0.05, 0) is 36.8 Å². The molecule has 0 atom stereocenters. The molecule has 6 heteroatoms. The van der Waals surface area contributed by atoms with Crippen LogP contribution >= 0.6 is 31.9 Å². The van der Waals surface area contributed by atoms with Gasteiger partial charge in [-0.1, -0.05) is 31.9 Å². The Morgan fingerprint density at radius 3 is 2.35 bits per heavy atom. The Bertz CT molecular complexity index is 649. The van der Waals surface area contributed by atoms with Gasteiger partial charge in [0.2, 0.25) is 0 Å². The predicted molar refractivity (Wildman–Crippen MR) is 84.2 cm³/mol. The Morgan fingerprint density at radius 2 is 1.75 bits per heavy atom. The van der Waals surface area contributed by atoms with Crippen molar-refractivity contribution in [1.82, 2.24) is 0 Å². The molecule has 0 aliphatic carbocycles. The van der Waals surface area contributed by atoms with Crippen molar-refractivity contribution in [3.63, 3.8) is 0 Å². The quantitative estimate of drug-likeness (QED) is 0.549. The Kier molecular flexibility index (Phi) is 4.88. The Labute approximate surface area is 132 Å². The first kappa shape index (κ1) is 15.1. The van der Waals surface area contributed by atoms with E-state index in [0.29, 0.717) is 0 Å². The first-order valence-corrected chi connectivity index (χ1v) is 7.26. The van der Waals surface area contributed by atoms with Crippen LogP contribution in [0.2, 0.25) is 0 Å². The highest BCUT2D eigenvalue weighted by atomic mass is 79.9. The normalized spacial score (nSPS) is 11.1. The third-order valence-electron chi connectivity index (χ3n) is 2.53. The van der Waals surface area contributed by atoms with E-state index in [1.54, 1.807) is 6.21 Å². The summed E-state index contributed by atoms with van der Waals surface area (Å²) >= 11 is 6.87. The van der Waals surface area contributed by atoms with E-state index in [1.165, 1.54) is 12.1 Å². The van der Waals surface area contributed by atoms with Crippen LogP contribution in [0.5, 0.6) is 0 Å². The molecule has 0 aliphatic rings. The van der Waals surface area contributed by atoms with Crippen LogP contribution in [0.4, 0.5) is 14.5 Å². The highest BCUT2D eigenvalue weighted by Crippen LogP contribution is 2.25. The first-order valence-electron chi connectivity index (χ1n) is 5.67. The number of anilines is 1. The lowest BCUT2D eigenvalue weighted by molar-refractivity contribution is 0.585. The lowest BCUT2D eigenvalue weighted by Crippen LogP contribution is -1.96. The number of hydrazone groups is 1. The molecule has 0 saturated heterocycles. The third-order valence-corrected chi connectivity index (χ3v) is 3.85. The summed E-state index contributed by atoms with van der Waals surface area (Å²) in [7, 11) is 0. The zero-order valence-corrected chi connectivity index (χ0v) is 13.6. The molecule has 104 valence electrons. The number of rotatable bonds is 3. The molecule has 0 spiro atoms. The molecule has 0 fully saturated rings. The maximum absolute atomic E-state index is 13.4. The molecule has 2 aromatic rings. The summed E-state index contributed by atoms with van der Waals surface area (Å²) in [6.45, 7) is 1.97. The van der Waals surface area contributed by atoms with Crippen LogP contribution in [0.25, 0.3) is 0 Å². The van der Waals surface area contributed by atoms with Crippen molar-refractivity contribution in [2.24, 2.45) is 5.10 Å². The molecule has 0 heterocycles. The highest BCUT2D eigenvalue weighted by molar-refractivity contribution is 9.11. The topological polar surface area (TPSA) is 24.4 Å². The molecular weight excluding hydrogens is 394 g/mol. The van der Waals surface area contributed by atoms with E-state index < -0.39 is 11.6 Å². The van der Waals surface area contributed by atoms with Gasteiger partial charge in [-0.15, -0.1) is 0 Å². The number of hydrogen-bond acceptors (Lipinski definition) is 2. The maximum atomic E-state index is 13.4. The Balaban J connectivity index is 2.18. The SMILES string of the molecule is Cc1cc(Br)c(/C=N/Nc2ccc(F)cc2F)c(Br)c1. The van der Waals surface area contributed by atoms with Crippen molar-refractivity contribution in [3.8, 4) is 0 Å². The number of hydrogen-bond donors (Lipinski definition) is 1. The molecule has 0 radical (unpaired) electrons. The molecule has 0 aromatic heterocycles. The molecule has 2 nitrogen and oxygen atoms in total. The number of aryl methyl sites for hydroxylation is 1. The molecule has 20 heavy (non-hydrogen) atoms. The standard InChI is InChI=1S/C14H10Br2F2N2/c1-8-4-11(15)10(12(16)5-8)7-19-20-14-3-2-9(17)6-13(14)18/h2-7,20H,1H3/b19-7+. The molecule has 1 N–H and O–H groups in total. The van der Waals surface area contributed by atoms with Crippen molar-refractivity contribution < 1.29 is 8.78 Å². The van der Waals surface area contributed by atoms with Gasteiger partial charge in [0, 0.05) is 20.6 Å². The summed E-state index contributed by atoms with van der Waals surface area (Å²) in [4.78, 5) is 0. The molecule has 0 unspecified atom stereocenters. The molecule has 0 aliphatic heterocycles. The fraction of sp³-hybridized carbons (Fsp3) is 0.0714. The van der Waals surface area contributed by atoms with Crippen LogP contribution in [0.15, 0.2) is 44.4 Å². The highest BCUT2D eigenvalue weighted by Gasteiger charge is 2.05.